The monoisotopic (exact) mass is 274 g/mol. The average Bonchev–Trinajstić information content (AvgIpc) is 2.49. The van der Waals surface area contributed by atoms with Gasteiger partial charge in [0.1, 0.15) is 11.6 Å². The summed E-state index contributed by atoms with van der Waals surface area (Å²) in [7, 11) is 1.63. The second-order valence-corrected chi connectivity index (χ2v) is 4.86. The van der Waals surface area contributed by atoms with E-state index in [-0.39, 0.29) is 18.3 Å². The van der Waals surface area contributed by atoms with Gasteiger partial charge in [-0.15, -0.1) is 0 Å². The number of hydrogen-bond acceptors (Lipinski definition) is 2. The van der Waals surface area contributed by atoms with Crippen molar-refractivity contribution in [3.05, 3.63) is 65.5 Å². The maximum Gasteiger partial charge on any atom is 0.126 e. The van der Waals surface area contributed by atoms with E-state index in [1.807, 2.05) is 30.3 Å². The molecule has 0 spiro atoms. The summed E-state index contributed by atoms with van der Waals surface area (Å²) in [5, 5.41) is 9.54. The Morgan fingerprint density at radius 3 is 2.25 bits per heavy atom. The van der Waals surface area contributed by atoms with Gasteiger partial charge < -0.3 is 9.84 Å². The van der Waals surface area contributed by atoms with Crippen molar-refractivity contribution in [1.82, 2.24) is 0 Å². The molecular weight excluding hydrogens is 255 g/mol. The third-order valence-corrected chi connectivity index (χ3v) is 3.43. The zero-order valence-electron chi connectivity index (χ0n) is 11.6. The molecule has 106 valence electrons. The van der Waals surface area contributed by atoms with Crippen molar-refractivity contribution in [3.63, 3.8) is 0 Å². The van der Waals surface area contributed by atoms with Crippen LogP contribution in [0.1, 0.15) is 11.1 Å². The van der Waals surface area contributed by atoms with E-state index in [0.717, 1.165) is 11.3 Å². The van der Waals surface area contributed by atoms with E-state index >= 15 is 0 Å². The Bertz CT molecular complexity index is 554. The molecule has 20 heavy (non-hydrogen) atoms. The molecule has 0 aliphatic heterocycles. The van der Waals surface area contributed by atoms with Crippen molar-refractivity contribution in [3.8, 4) is 5.75 Å². The quantitative estimate of drug-likeness (QED) is 0.876. The van der Waals surface area contributed by atoms with E-state index in [4.69, 9.17) is 4.74 Å². The smallest absolute Gasteiger partial charge is 0.126 e. The molecule has 0 aliphatic rings. The minimum atomic E-state index is -0.217. The third kappa shape index (κ3) is 3.58. The van der Waals surface area contributed by atoms with Crippen LogP contribution < -0.4 is 4.74 Å². The third-order valence-electron chi connectivity index (χ3n) is 3.43. The standard InChI is InChI=1S/C17H19FO2/c1-20-17-9-5-3-7-15(17)11-13(12-19)10-14-6-2-4-8-16(14)18/h2-9,13,19H,10-12H2,1H3. The fourth-order valence-electron chi connectivity index (χ4n) is 2.36. The summed E-state index contributed by atoms with van der Waals surface area (Å²) in [5.41, 5.74) is 1.67. The van der Waals surface area contributed by atoms with Crippen molar-refractivity contribution < 1.29 is 14.2 Å². The van der Waals surface area contributed by atoms with E-state index in [2.05, 4.69) is 0 Å². The van der Waals surface area contributed by atoms with Crippen LogP contribution >= 0.6 is 0 Å². The Labute approximate surface area is 118 Å². The highest BCUT2D eigenvalue weighted by molar-refractivity contribution is 5.33. The Morgan fingerprint density at radius 2 is 1.60 bits per heavy atom. The largest absolute Gasteiger partial charge is 0.496 e. The fourth-order valence-corrected chi connectivity index (χ4v) is 2.36. The number of ether oxygens (including phenoxy) is 1. The second kappa shape index (κ2) is 7.06. The molecule has 0 aliphatic carbocycles. The molecule has 1 N–H and O–H groups in total. The van der Waals surface area contributed by atoms with Gasteiger partial charge in [0.15, 0.2) is 0 Å². The Morgan fingerprint density at radius 1 is 1.00 bits per heavy atom. The lowest BCUT2D eigenvalue weighted by Gasteiger charge is -2.16. The number of methoxy groups -OCH3 is 1. The highest BCUT2D eigenvalue weighted by atomic mass is 19.1. The molecular formula is C17H19FO2. The van der Waals surface area contributed by atoms with Gasteiger partial charge in [0.05, 0.1) is 7.11 Å². The number of aliphatic hydroxyl groups is 1. The molecule has 1 unspecified atom stereocenters. The van der Waals surface area contributed by atoms with Crippen molar-refractivity contribution >= 4 is 0 Å². The summed E-state index contributed by atoms with van der Waals surface area (Å²) in [6.07, 6.45) is 1.18. The molecule has 2 nitrogen and oxygen atoms in total. The summed E-state index contributed by atoms with van der Waals surface area (Å²) in [6.45, 7) is 0.0202. The first-order valence-corrected chi connectivity index (χ1v) is 6.70. The summed E-state index contributed by atoms with van der Waals surface area (Å²) >= 11 is 0. The van der Waals surface area contributed by atoms with Gasteiger partial charge in [-0.05, 0) is 42.0 Å². The summed E-state index contributed by atoms with van der Waals surface area (Å²) < 4.78 is 19.0. The Balaban J connectivity index is 2.11. The molecule has 0 amide bonds. The molecule has 2 aromatic rings. The molecule has 1 atom stereocenters. The van der Waals surface area contributed by atoms with Gasteiger partial charge in [-0.3, -0.25) is 0 Å². The Hall–Kier alpha value is -1.87. The molecule has 0 aromatic heterocycles. The number of benzene rings is 2. The first-order valence-electron chi connectivity index (χ1n) is 6.70. The summed E-state index contributed by atoms with van der Waals surface area (Å²) in [4.78, 5) is 0. The zero-order chi connectivity index (χ0) is 14.4. The molecule has 3 heteroatoms. The lowest BCUT2D eigenvalue weighted by molar-refractivity contribution is 0.223. The zero-order valence-corrected chi connectivity index (χ0v) is 11.6. The summed E-state index contributed by atoms with van der Waals surface area (Å²) in [5.74, 6) is 0.564. The number of aliphatic hydroxyl groups excluding tert-OH is 1. The van der Waals surface area contributed by atoms with Crippen LogP contribution in [0.5, 0.6) is 5.75 Å². The van der Waals surface area contributed by atoms with Gasteiger partial charge in [-0.25, -0.2) is 4.39 Å². The second-order valence-electron chi connectivity index (χ2n) is 4.86. The van der Waals surface area contributed by atoms with E-state index in [1.165, 1.54) is 6.07 Å². The van der Waals surface area contributed by atoms with Gasteiger partial charge in [0.2, 0.25) is 0 Å². The highest BCUT2D eigenvalue weighted by Gasteiger charge is 2.14. The van der Waals surface area contributed by atoms with Crippen LogP contribution in [0.4, 0.5) is 4.39 Å². The molecule has 0 saturated carbocycles. The van der Waals surface area contributed by atoms with Crippen LogP contribution in [-0.2, 0) is 12.8 Å². The van der Waals surface area contributed by atoms with Crippen LogP contribution in [0.2, 0.25) is 0 Å². The van der Waals surface area contributed by atoms with Crippen molar-refractivity contribution in [2.24, 2.45) is 5.92 Å². The van der Waals surface area contributed by atoms with Crippen LogP contribution in [0, 0.1) is 11.7 Å². The van der Waals surface area contributed by atoms with Crippen LogP contribution in [0.15, 0.2) is 48.5 Å². The van der Waals surface area contributed by atoms with Gasteiger partial charge in [0.25, 0.3) is 0 Å². The van der Waals surface area contributed by atoms with Crippen molar-refractivity contribution in [2.75, 3.05) is 13.7 Å². The molecule has 0 bridgehead atoms. The molecule has 0 fully saturated rings. The van der Waals surface area contributed by atoms with Gasteiger partial charge in [-0.2, -0.15) is 0 Å². The average molecular weight is 274 g/mol. The number of hydrogen-bond donors (Lipinski definition) is 1. The first kappa shape index (κ1) is 14.5. The molecule has 0 radical (unpaired) electrons. The SMILES string of the molecule is COc1ccccc1CC(CO)Cc1ccccc1F. The fraction of sp³-hybridized carbons (Fsp3) is 0.294. The van der Waals surface area contributed by atoms with Crippen LogP contribution in [-0.4, -0.2) is 18.8 Å². The molecule has 0 saturated heterocycles. The highest BCUT2D eigenvalue weighted by Crippen LogP contribution is 2.23. The maximum absolute atomic E-state index is 13.7. The lowest BCUT2D eigenvalue weighted by Crippen LogP contribution is -2.14. The molecule has 2 rings (SSSR count). The van der Waals surface area contributed by atoms with Crippen LogP contribution in [0.25, 0.3) is 0 Å². The predicted octanol–water partition coefficient (Wildman–Crippen LogP) is 3.23. The summed E-state index contributed by atoms with van der Waals surface area (Å²) in [6, 6.07) is 14.4. The number of rotatable bonds is 6. The van der Waals surface area contributed by atoms with Crippen molar-refractivity contribution in [1.29, 1.82) is 0 Å². The van der Waals surface area contributed by atoms with Crippen LogP contribution in [0.3, 0.4) is 0 Å². The van der Waals surface area contributed by atoms with Crippen molar-refractivity contribution in [2.45, 2.75) is 12.8 Å². The van der Waals surface area contributed by atoms with Gasteiger partial charge >= 0.3 is 0 Å². The maximum atomic E-state index is 13.7. The predicted molar refractivity (Wildman–Crippen MR) is 77.4 cm³/mol. The van der Waals surface area contributed by atoms with E-state index < -0.39 is 0 Å². The van der Waals surface area contributed by atoms with E-state index in [1.54, 1.807) is 19.2 Å². The minimum absolute atomic E-state index is 0.0202. The number of para-hydroxylation sites is 1. The minimum Gasteiger partial charge on any atom is -0.496 e. The topological polar surface area (TPSA) is 29.5 Å². The lowest BCUT2D eigenvalue weighted by atomic mass is 9.92. The van der Waals surface area contributed by atoms with E-state index in [0.29, 0.717) is 18.4 Å². The normalized spacial score (nSPS) is 12.2. The number of halogens is 1. The molecule has 2 aromatic carbocycles. The van der Waals surface area contributed by atoms with Gasteiger partial charge in [-0.1, -0.05) is 36.4 Å². The van der Waals surface area contributed by atoms with E-state index in [9.17, 15) is 9.50 Å². The Kier molecular flexibility index (Phi) is 5.13. The van der Waals surface area contributed by atoms with Gasteiger partial charge in [0, 0.05) is 6.61 Å². The first-order chi connectivity index (χ1) is 9.74. The molecule has 0 heterocycles.